The number of fused-ring (bicyclic) bond motifs is 1. The molecule has 0 aliphatic heterocycles. The van der Waals surface area contributed by atoms with Gasteiger partial charge in [0.25, 0.3) is 0 Å². The lowest BCUT2D eigenvalue weighted by Gasteiger charge is -2.16. The molecule has 132 valence electrons. The van der Waals surface area contributed by atoms with Gasteiger partial charge in [0.05, 0.1) is 12.2 Å². The Labute approximate surface area is 152 Å². The predicted octanol–water partition coefficient (Wildman–Crippen LogP) is 4.92. The molecule has 4 heteroatoms. The maximum atomic E-state index is 12.6. The van der Waals surface area contributed by atoms with Crippen LogP contribution in [0, 0.1) is 6.92 Å². The Kier molecular flexibility index (Phi) is 5.03. The van der Waals surface area contributed by atoms with E-state index in [1.807, 2.05) is 55.5 Å². The topological polar surface area (TPSA) is 52.6 Å². The standard InChI is InChI=1S/C22H20O4/c1-4-25-22(24)19-13-20(26-15(3)23)18-12-14(2)10-11-17(18)21(19)16-8-6-5-7-9-16/h5-13H,4H2,1-3H3. The molecule has 0 heterocycles. The Morgan fingerprint density at radius 2 is 1.69 bits per heavy atom. The highest BCUT2D eigenvalue weighted by Crippen LogP contribution is 2.38. The van der Waals surface area contributed by atoms with Crippen LogP contribution < -0.4 is 4.74 Å². The van der Waals surface area contributed by atoms with E-state index in [0.29, 0.717) is 11.3 Å². The second-order valence-electron chi connectivity index (χ2n) is 6.03. The van der Waals surface area contributed by atoms with Crippen LogP contribution in [0.2, 0.25) is 0 Å². The zero-order chi connectivity index (χ0) is 18.7. The van der Waals surface area contributed by atoms with Crippen molar-refractivity contribution in [1.82, 2.24) is 0 Å². The lowest BCUT2D eigenvalue weighted by atomic mass is 9.92. The number of esters is 2. The highest BCUT2D eigenvalue weighted by Gasteiger charge is 2.21. The van der Waals surface area contributed by atoms with Gasteiger partial charge in [-0.1, -0.05) is 48.0 Å². The van der Waals surface area contributed by atoms with Crippen LogP contribution in [-0.4, -0.2) is 18.5 Å². The molecule has 0 atom stereocenters. The molecule has 0 saturated carbocycles. The third-order valence-electron chi connectivity index (χ3n) is 4.07. The van der Waals surface area contributed by atoms with E-state index in [-0.39, 0.29) is 6.61 Å². The summed E-state index contributed by atoms with van der Waals surface area (Å²) in [6.07, 6.45) is 0. The number of hydrogen-bond donors (Lipinski definition) is 0. The average molecular weight is 348 g/mol. The summed E-state index contributed by atoms with van der Waals surface area (Å²) >= 11 is 0. The maximum Gasteiger partial charge on any atom is 0.338 e. The van der Waals surface area contributed by atoms with Gasteiger partial charge in [-0.3, -0.25) is 4.79 Å². The van der Waals surface area contributed by atoms with Crippen molar-refractivity contribution < 1.29 is 19.1 Å². The number of aryl methyl sites for hydroxylation is 1. The number of rotatable bonds is 4. The molecule has 0 N–H and O–H groups in total. The first kappa shape index (κ1) is 17.7. The van der Waals surface area contributed by atoms with E-state index in [9.17, 15) is 9.59 Å². The summed E-state index contributed by atoms with van der Waals surface area (Å²) in [4.78, 5) is 24.2. The van der Waals surface area contributed by atoms with Crippen molar-refractivity contribution in [2.45, 2.75) is 20.8 Å². The smallest absolute Gasteiger partial charge is 0.338 e. The number of hydrogen-bond acceptors (Lipinski definition) is 4. The molecule has 0 aliphatic carbocycles. The van der Waals surface area contributed by atoms with E-state index < -0.39 is 11.9 Å². The summed E-state index contributed by atoms with van der Waals surface area (Å²) in [6.45, 7) is 5.34. The van der Waals surface area contributed by atoms with Crippen molar-refractivity contribution in [3.8, 4) is 16.9 Å². The van der Waals surface area contributed by atoms with Gasteiger partial charge in [0.2, 0.25) is 0 Å². The van der Waals surface area contributed by atoms with Crippen LogP contribution in [0.5, 0.6) is 5.75 Å². The largest absolute Gasteiger partial charge is 0.462 e. The SMILES string of the molecule is CCOC(=O)c1cc(OC(C)=O)c2cc(C)ccc2c1-c1ccccc1. The Bertz CT molecular complexity index is 974. The van der Waals surface area contributed by atoms with Gasteiger partial charge in [-0.2, -0.15) is 0 Å². The summed E-state index contributed by atoms with van der Waals surface area (Å²) in [7, 11) is 0. The number of carbonyl (C=O) groups excluding carboxylic acids is 2. The average Bonchev–Trinajstić information content (AvgIpc) is 2.62. The Balaban J connectivity index is 2.39. The van der Waals surface area contributed by atoms with Crippen LogP contribution in [0.25, 0.3) is 21.9 Å². The summed E-state index contributed by atoms with van der Waals surface area (Å²) in [5.41, 5.74) is 3.09. The lowest BCUT2D eigenvalue weighted by Crippen LogP contribution is -2.09. The van der Waals surface area contributed by atoms with Crippen molar-refractivity contribution in [3.05, 3.63) is 65.7 Å². The van der Waals surface area contributed by atoms with Gasteiger partial charge < -0.3 is 9.47 Å². The third kappa shape index (κ3) is 3.45. The highest BCUT2D eigenvalue weighted by atomic mass is 16.5. The molecule has 3 rings (SSSR count). The molecule has 26 heavy (non-hydrogen) atoms. The summed E-state index contributed by atoms with van der Waals surface area (Å²) in [5.74, 6) is -0.517. The molecule has 0 unspecified atom stereocenters. The van der Waals surface area contributed by atoms with E-state index in [1.54, 1.807) is 13.0 Å². The maximum absolute atomic E-state index is 12.6. The Morgan fingerprint density at radius 3 is 2.35 bits per heavy atom. The van der Waals surface area contributed by atoms with Gasteiger partial charge in [-0.05, 0) is 36.9 Å². The van der Waals surface area contributed by atoms with Crippen LogP contribution >= 0.6 is 0 Å². The molecule has 0 saturated heterocycles. The second-order valence-corrected chi connectivity index (χ2v) is 6.03. The zero-order valence-corrected chi connectivity index (χ0v) is 15.0. The number of carbonyl (C=O) groups is 2. The fourth-order valence-electron chi connectivity index (χ4n) is 3.03. The van der Waals surface area contributed by atoms with Gasteiger partial charge in [-0.15, -0.1) is 0 Å². The molecule has 0 spiro atoms. The Morgan fingerprint density at radius 1 is 0.962 bits per heavy atom. The van der Waals surface area contributed by atoms with E-state index >= 15 is 0 Å². The molecule has 4 nitrogen and oxygen atoms in total. The predicted molar refractivity (Wildman–Crippen MR) is 101 cm³/mol. The van der Waals surface area contributed by atoms with Crippen molar-refractivity contribution in [2.24, 2.45) is 0 Å². The fraction of sp³-hybridized carbons (Fsp3) is 0.182. The summed E-state index contributed by atoms with van der Waals surface area (Å²) in [6, 6.07) is 17.1. The minimum Gasteiger partial charge on any atom is -0.462 e. The molecule has 0 radical (unpaired) electrons. The van der Waals surface area contributed by atoms with Crippen molar-refractivity contribution in [3.63, 3.8) is 0 Å². The van der Waals surface area contributed by atoms with Crippen molar-refractivity contribution >= 4 is 22.7 Å². The summed E-state index contributed by atoms with van der Waals surface area (Å²) in [5, 5.41) is 1.62. The van der Waals surface area contributed by atoms with Gasteiger partial charge in [-0.25, -0.2) is 4.79 Å². The first-order valence-corrected chi connectivity index (χ1v) is 8.49. The molecule has 0 aromatic heterocycles. The fourth-order valence-corrected chi connectivity index (χ4v) is 3.03. The van der Waals surface area contributed by atoms with Crippen LogP contribution in [-0.2, 0) is 9.53 Å². The van der Waals surface area contributed by atoms with Gasteiger partial charge in [0, 0.05) is 17.9 Å². The van der Waals surface area contributed by atoms with Gasteiger partial charge in [0.1, 0.15) is 5.75 Å². The Hall–Kier alpha value is -3.14. The minimum absolute atomic E-state index is 0.266. The first-order valence-electron chi connectivity index (χ1n) is 8.49. The van der Waals surface area contributed by atoms with Gasteiger partial charge in [0.15, 0.2) is 0 Å². The highest BCUT2D eigenvalue weighted by molar-refractivity contribution is 6.10. The normalized spacial score (nSPS) is 10.6. The van der Waals surface area contributed by atoms with Crippen molar-refractivity contribution in [1.29, 1.82) is 0 Å². The molecule has 0 bridgehead atoms. The first-order chi connectivity index (χ1) is 12.5. The monoisotopic (exact) mass is 348 g/mol. The molecule has 0 aliphatic rings. The van der Waals surface area contributed by atoms with Gasteiger partial charge >= 0.3 is 11.9 Å². The van der Waals surface area contributed by atoms with Crippen molar-refractivity contribution in [2.75, 3.05) is 6.61 Å². The van der Waals surface area contributed by atoms with E-state index in [4.69, 9.17) is 9.47 Å². The van der Waals surface area contributed by atoms with E-state index in [0.717, 1.165) is 27.5 Å². The molecule has 0 fully saturated rings. The van der Waals surface area contributed by atoms with Crippen LogP contribution in [0.3, 0.4) is 0 Å². The molecule has 3 aromatic rings. The van der Waals surface area contributed by atoms with Crippen LogP contribution in [0.4, 0.5) is 0 Å². The second kappa shape index (κ2) is 7.40. The van der Waals surface area contributed by atoms with E-state index in [1.165, 1.54) is 6.92 Å². The molecular weight excluding hydrogens is 328 g/mol. The van der Waals surface area contributed by atoms with E-state index in [2.05, 4.69) is 0 Å². The molecule has 3 aromatic carbocycles. The minimum atomic E-state index is -0.442. The molecule has 0 amide bonds. The number of ether oxygens (including phenoxy) is 2. The lowest BCUT2D eigenvalue weighted by molar-refractivity contribution is -0.131. The third-order valence-corrected chi connectivity index (χ3v) is 4.07. The number of benzene rings is 3. The van der Waals surface area contributed by atoms with Crippen LogP contribution in [0.15, 0.2) is 54.6 Å². The quantitative estimate of drug-likeness (QED) is 0.496. The summed E-state index contributed by atoms with van der Waals surface area (Å²) < 4.78 is 10.6. The molecular formula is C22H20O4. The zero-order valence-electron chi connectivity index (χ0n) is 15.0. The van der Waals surface area contributed by atoms with Crippen LogP contribution in [0.1, 0.15) is 29.8 Å².